The van der Waals surface area contributed by atoms with Gasteiger partial charge in [0.1, 0.15) is 6.61 Å². The molecule has 84 valence electrons. The van der Waals surface area contributed by atoms with Crippen molar-refractivity contribution < 1.29 is 9.53 Å². The van der Waals surface area contributed by atoms with Crippen molar-refractivity contribution in [3.8, 4) is 0 Å². The van der Waals surface area contributed by atoms with Crippen molar-refractivity contribution in [3.63, 3.8) is 0 Å². The Morgan fingerprint density at radius 3 is 2.88 bits per heavy atom. The van der Waals surface area contributed by atoms with Crippen LogP contribution in [0.4, 0.5) is 0 Å². The van der Waals surface area contributed by atoms with E-state index in [1.54, 1.807) is 0 Å². The minimum absolute atomic E-state index is 0.147. The lowest BCUT2D eigenvalue weighted by Gasteiger charge is -2.15. The van der Waals surface area contributed by atoms with E-state index in [0.717, 1.165) is 17.5 Å². The first kappa shape index (κ1) is 9.88. The van der Waals surface area contributed by atoms with Crippen LogP contribution in [0.15, 0.2) is 12.1 Å². The Kier molecular flexibility index (Phi) is 2.06. The molecule has 0 aromatic heterocycles. The van der Waals surface area contributed by atoms with Crippen molar-refractivity contribution in [1.29, 1.82) is 0 Å². The third kappa shape index (κ3) is 1.22. The number of benzene rings is 1. The topological polar surface area (TPSA) is 26.3 Å². The molecule has 0 saturated heterocycles. The standard InChI is InChI=1S/C14H16O2/c1-8(2)9-3-4-11-10(9)5-6-12-13(11)7-16-14(12)15/h5-6,8-9H,3-4,7H2,1-2H3. The molecule has 16 heavy (non-hydrogen) atoms. The number of esters is 1. The Balaban J connectivity index is 2.12. The van der Waals surface area contributed by atoms with Crippen LogP contribution in [0.25, 0.3) is 0 Å². The van der Waals surface area contributed by atoms with E-state index in [1.807, 2.05) is 6.07 Å². The lowest BCUT2D eigenvalue weighted by Crippen LogP contribution is -2.03. The van der Waals surface area contributed by atoms with Crippen molar-refractivity contribution in [2.24, 2.45) is 5.92 Å². The number of fused-ring (bicyclic) bond motifs is 3. The average molecular weight is 216 g/mol. The largest absolute Gasteiger partial charge is 0.457 e. The fourth-order valence-electron chi connectivity index (χ4n) is 3.07. The molecule has 1 aliphatic heterocycles. The van der Waals surface area contributed by atoms with Gasteiger partial charge in [0.25, 0.3) is 0 Å². The van der Waals surface area contributed by atoms with Crippen LogP contribution in [0.1, 0.15) is 53.2 Å². The highest BCUT2D eigenvalue weighted by atomic mass is 16.5. The van der Waals surface area contributed by atoms with E-state index in [9.17, 15) is 4.79 Å². The van der Waals surface area contributed by atoms with Gasteiger partial charge < -0.3 is 4.74 Å². The molecule has 2 heteroatoms. The van der Waals surface area contributed by atoms with Gasteiger partial charge >= 0.3 is 5.97 Å². The molecular weight excluding hydrogens is 200 g/mol. The predicted octanol–water partition coefficient (Wildman–Crippen LogP) is 3.04. The molecule has 1 atom stereocenters. The second-order valence-electron chi connectivity index (χ2n) is 5.12. The van der Waals surface area contributed by atoms with Crippen molar-refractivity contribution in [1.82, 2.24) is 0 Å². The van der Waals surface area contributed by atoms with Gasteiger partial charge in [0.2, 0.25) is 0 Å². The van der Waals surface area contributed by atoms with Gasteiger partial charge in [0.05, 0.1) is 5.56 Å². The molecule has 0 saturated carbocycles. The smallest absolute Gasteiger partial charge is 0.338 e. The van der Waals surface area contributed by atoms with E-state index >= 15 is 0 Å². The zero-order valence-electron chi connectivity index (χ0n) is 9.75. The van der Waals surface area contributed by atoms with Crippen LogP contribution < -0.4 is 0 Å². The lowest BCUT2D eigenvalue weighted by molar-refractivity contribution is 0.0535. The Morgan fingerprint density at radius 1 is 1.31 bits per heavy atom. The molecule has 0 bridgehead atoms. The summed E-state index contributed by atoms with van der Waals surface area (Å²) in [6.45, 7) is 5.03. The summed E-state index contributed by atoms with van der Waals surface area (Å²) in [4.78, 5) is 11.5. The summed E-state index contributed by atoms with van der Waals surface area (Å²) >= 11 is 0. The third-order valence-electron chi connectivity index (χ3n) is 3.94. The highest BCUT2D eigenvalue weighted by molar-refractivity contribution is 5.94. The van der Waals surface area contributed by atoms with E-state index in [-0.39, 0.29) is 5.97 Å². The minimum atomic E-state index is -0.147. The highest BCUT2D eigenvalue weighted by Gasteiger charge is 2.32. The molecule has 1 aromatic carbocycles. The number of hydrogen-bond acceptors (Lipinski definition) is 2. The number of carbonyl (C=O) groups excluding carboxylic acids is 1. The zero-order valence-corrected chi connectivity index (χ0v) is 9.75. The van der Waals surface area contributed by atoms with E-state index in [1.165, 1.54) is 17.5 Å². The van der Waals surface area contributed by atoms with Gasteiger partial charge in [-0.05, 0) is 41.9 Å². The molecule has 1 aliphatic carbocycles. The molecule has 2 nitrogen and oxygen atoms in total. The molecule has 0 spiro atoms. The Bertz CT molecular complexity index is 460. The summed E-state index contributed by atoms with van der Waals surface area (Å²) in [5.41, 5.74) is 4.79. The number of rotatable bonds is 1. The molecule has 1 heterocycles. The molecular formula is C14H16O2. The number of carbonyl (C=O) groups is 1. The first-order valence-electron chi connectivity index (χ1n) is 6.00. The Morgan fingerprint density at radius 2 is 2.12 bits per heavy atom. The summed E-state index contributed by atoms with van der Waals surface area (Å²) < 4.78 is 5.11. The number of cyclic esters (lactones) is 1. The second kappa shape index (κ2) is 3.34. The van der Waals surface area contributed by atoms with Gasteiger partial charge in [0.15, 0.2) is 0 Å². The van der Waals surface area contributed by atoms with Crippen LogP contribution in [0.3, 0.4) is 0 Å². The van der Waals surface area contributed by atoms with Gasteiger partial charge in [-0.2, -0.15) is 0 Å². The van der Waals surface area contributed by atoms with Crippen LogP contribution in [-0.2, 0) is 17.8 Å². The molecule has 0 N–H and O–H groups in total. The van der Waals surface area contributed by atoms with Gasteiger partial charge in [-0.15, -0.1) is 0 Å². The third-order valence-corrected chi connectivity index (χ3v) is 3.94. The van der Waals surface area contributed by atoms with Crippen LogP contribution in [-0.4, -0.2) is 5.97 Å². The van der Waals surface area contributed by atoms with Gasteiger partial charge in [-0.3, -0.25) is 0 Å². The van der Waals surface area contributed by atoms with Gasteiger partial charge in [-0.25, -0.2) is 4.79 Å². The van der Waals surface area contributed by atoms with Gasteiger partial charge in [-0.1, -0.05) is 19.9 Å². The molecule has 0 radical (unpaired) electrons. The van der Waals surface area contributed by atoms with Crippen molar-refractivity contribution in [2.75, 3.05) is 0 Å². The zero-order chi connectivity index (χ0) is 11.3. The SMILES string of the molecule is CC(C)C1CCc2c1ccc1c2COC1=O. The normalized spacial score (nSPS) is 22.2. The Labute approximate surface area is 95.6 Å². The van der Waals surface area contributed by atoms with Crippen LogP contribution in [0.5, 0.6) is 0 Å². The second-order valence-corrected chi connectivity index (χ2v) is 5.12. The fraction of sp³-hybridized carbons (Fsp3) is 0.500. The summed E-state index contributed by atoms with van der Waals surface area (Å²) in [6, 6.07) is 4.09. The van der Waals surface area contributed by atoms with Crippen molar-refractivity contribution in [3.05, 3.63) is 34.4 Å². The van der Waals surface area contributed by atoms with E-state index < -0.39 is 0 Å². The highest BCUT2D eigenvalue weighted by Crippen LogP contribution is 2.41. The monoisotopic (exact) mass is 216 g/mol. The molecule has 1 unspecified atom stereocenters. The summed E-state index contributed by atoms with van der Waals surface area (Å²) in [5, 5.41) is 0. The molecule has 3 rings (SSSR count). The summed E-state index contributed by atoms with van der Waals surface area (Å²) in [7, 11) is 0. The molecule has 1 aromatic rings. The summed E-state index contributed by atoms with van der Waals surface area (Å²) in [5.74, 6) is 1.19. The van der Waals surface area contributed by atoms with Crippen LogP contribution in [0, 0.1) is 5.92 Å². The molecule has 2 aliphatic rings. The average Bonchev–Trinajstić information content (AvgIpc) is 2.81. The maximum atomic E-state index is 11.5. The Hall–Kier alpha value is -1.31. The maximum Gasteiger partial charge on any atom is 0.338 e. The van der Waals surface area contributed by atoms with Crippen LogP contribution in [0.2, 0.25) is 0 Å². The first-order chi connectivity index (χ1) is 7.68. The lowest BCUT2D eigenvalue weighted by atomic mass is 9.89. The van der Waals surface area contributed by atoms with Gasteiger partial charge in [0, 0.05) is 5.56 Å². The fourth-order valence-corrected chi connectivity index (χ4v) is 3.07. The van der Waals surface area contributed by atoms with Crippen LogP contribution >= 0.6 is 0 Å². The van der Waals surface area contributed by atoms with E-state index in [2.05, 4.69) is 19.9 Å². The summed E-state index contributed by atoms with van der Waals surface area (Å²) in [6.07, 6.45) is 2.33. The van der Waals surface area contributed by atoms with Crippen molar-refractivity contribution in [2.45, 2.75) is 39.2 Å². The predicted molar refractivity (Wildman–Crippen MR) is 61.5 cm³/mol. The quantitative estimate of drug-likeness (QED) is 0.674. The van der Waals surface area contributed by atoms with Crippen molar-refractivity contribution >= 4 is 5.97 Å². The van der Waals surface area contributed by atoms with E-state index in [0.29, 0.717) is 18.4 Å². The first-order valence-corrected chi connectivity index (χ1v) is 6.00. The molecule has 0 amide bonds. The molecule has 0 fully saturated rings. The maximum absolute atomic E-state index is 11.5. The minimum Gasteiger partial charge on any atom is -0.457 e. The van der Waals surface area contributed by atoms with E-state index in [4.69, 9.17) is 4.74 Å². The number of ether oxygens (including phenoxy) is 1. The number of hydrogen-bond donors (Lipinski definition) is 0.